The molecule has 1 aromatic rings. The van der Waals surface area contributed by atoms with Crippen molar-refractivity contribution in [2.75, 3.05) is 6.61 Å². The van der Waals surface area contributed by atoms with Crippen molar-refractivity contribution in [1.82, 2.24) is 0 Å². The summed E-state index contributed by atoms with van der Waals surface area (Å²) in [6.07, 6.45) is 0.864. The second-order valence-electron chi connectivity index (χ2n) is 3.39. The predicted molar refractivity (Wildman–Crippen MR) is 73.0 cm³/mol. The van der Waals surface area contributed by atoms with E-state index in [4.69, 9.17) is 21.2 Å². The monoisotopic (exact) mass is 273 g/mol. The second kappa shape index (κ2) is 6.74. The van der Waals surface area contributed by atoms with Gasteiger partial charge in [-0.15, -0.1) is 0 Å². The Bertz CT molecular complexity index is 422. The van der Waals surface area contributed by atoms with Crippen molar-refractivity contribution >= 4 is 29.5 Å². The van der Waals surface area contributed by atoms with Crippen molar-refractivity contribution in [2.45, 2.75) is 20.3 Å². The summed E-state index contributed by atoms with van der Waals surface area (Å²) in [5.41, 5.74) is 0. The third-order valence-electron chi connectivity index (χ3n) is 1.83. The predicted octanol–water partition coefficient (Wildman–Crippen LogP) is 2.39. The molecule has 0 bridgehead atoms. The molecule has 94 valence electrons. The highest BCUT2D eigenvalue weighted by Crippen LogP contribution is 2.41. The number of hydrogen-bond donors (Lipinski definition) is 1. The first-order valence-electron chi connectivity index (χ1n) is 5.31. The molecule has 0 heterocycles. The van der Waals surface area contributed by atoms with Crippen LogP contribution in [0, 0.1) is 0 Å². The van der Waals surface area contributed by atoms with Gasteiger partial charge in [-0.2, -0.15) is 0 Å². The van der Waals surface area contributed by atoms with E-state index in [9.17, 15) is 4.89 Å². The summed E-state index contributed by atoms with van der Waals surface area (Å²) < 4.78 is 5.28. The molecule has 6 heteroatoms. The van der Waals surface area contributed by atoms with E-state index in [-0.39, 0.29) is 5.90 Å². The zero-order chi connectivity index (χ0) is 12.7. The Morgan fingerprint density at radius 1 is 1.41 bits per heavy atom. The maximum Gasteiger partial charge on any atom is 0.267 e. The van der Waals surface area contributed by atoms with Crippen LogP contribution in [0.1, 0.15) is 20.3 Å². The highest BCUT2D eigenvalue weighted by Gasteiger charge is 2.18. The molecule has 4 nitrogen and oxygen atoms in total. The lowest BCUT2D eigenvalue weighted by atomic mass is 10.4. The fourth-order valence-electron chi connectivity index (χ4n) is 1.09. The van der Waals surface area contributed by atoms with Crippen molar-refractivity contribution in [3.63, 3.8) is 0 Å². The van der Waals surface area contributed by atoms with E-state index in [1.807, 2.05) is 13.0 Å². The summed E-state index contributed by atoms with van der Waals surface area (Å²) in [6.45, 7) is 1.07. The van der Waals surface area contributed by atoms with Gasteiger partial charge in [0.25, 0.3) is 6.49 Å². The van der Waals surface area contributed by atoms with Gasteiger partial charge in [0.2, 0.25) is 5.90 Å². The van der Waals surface area contributed by atoms with Crippen LogP contribution in [0.4, 0.5) is 0 Å². The number of benzene rings is 1. The second-order valence-corrected chi connectivity index (χ2v) is 6.62. The quantitative estimate of drug-likeness (QED) is 0.294. The van der Waals surface area contributed by atoms with Crippen LogP contribution >= 0.6 is 6.49 Å². The van der Waals surface area contributed by atoms with Gasteiger partial charge in [-0.25, -0.2) is 0 Å². The largest absolute Gasteiger partial charge is 0.423 e. The number of nitrogens with zero attached hydrogens (tertiary/aromatic N) is 1. The molecule has 0 saturated heterocycles. The molecule has 0 aliphatic rings. The van der Waals surface area contributed by atoms with Crippen molar-refractivity contribution in [3.8, 4) is 0 Å². The lowest BCUT2D eigenvalue weighted by Crippen LogP contribution is -2.09. The Kier molecular flexibility index (Phi) is 5.62. The lowest BCUT2D eigenvalue weighted by Gasteiger charge is -2.16. The topological polar surface area (TPSA) is 51.0 Å². The fraction of sp³-hybridized carbons (Fsp3) is 0.364. The average Bonchev–Trinajstić information content (AvgIpc) is 2.30. The molecule has 17 heavy (non-hydrogen) atoms. The Morgan fingerprint density at radius 2 is 2.06 bits per heavy atom. The fourth-order valence-corrected chi connectivity index (χ4v) is 2.83. The van der Waals surface area contributed by atoms with Gasteiger partial charge in [0.15, 0.2) is 0 Å². The average molecular weight is 273 g/mol. The van der Waals surface area contributed by atoms with Crippen LogP contribution in [0.5, 0.6) is 0 Å². The summed E-state index contributed by atoms with van der Waals surface area (Å²) in [7, 11) is 0. The maximum atomic E-state index is 10.1. The first-order chi connectivity index (χ1) is 8.06. The van der Waals surface area contributed by atoms with Crippen LogP contribution < -0.4 is 5.30 Å². The first-order valence-corrected chi connectivity index (χ1v) is 7.98. The normalized spacial score (nSPS) is 15.1. The molecule has 0 saturated carbocycles. The highest BCUT2D eigenvalue weighted by atomic mass is 32.5. The van der Waals surface area contributed by atoms with Crippen molar-refractivity contribution in [3.05, 3.63) is 30.3 Å². The van der Waals surface area contributed by atoms with Gasteiger partial charge in [0.1, 0.15) is 6.61 Å². The van der Waals surface area contributed by atoms with Crippen LogP contribution in [-0.4, -0.2) is 17.4 Å². The molecule has 0 spiro atoms. The third-order valence-corrected chi connectivity index (χ3v) is 4.15. The van der Waals surface area contributed by atoms with E-state index in [1.54, 1.807) is 31.2 Å². The zero-order valence-corrected chi connectivity index (χ0v) is 11.6. The van der Waals surface area contributed by atoms with Crippen molar-refractivity contribution in [1.29, 1.82) is 0 Å². The first kappa shape index (κ1) is 14.2. The standard InChI is InChI=1S/C11H16NO3PS/c1-3-9-14-12-10(2)15-16(13,17)11-7-5-4-6-8-11/h4-8H,3,9H2,1-2H3,(H,13,17). The van der Waals surface area contributed by atoms with Crippen molar-refractivity contribution in [2.24, 2.45) is 5.16 Å². The molecule has 1 atom stereocenters. The Hall–Kier alpha value is -0.900. The van der Waals surface area contributed by atoms with Crippen LogP contribution in [0.2, 0.25) is 0 Å². The molecule has 0 fully saturated rings. The van der Waals surface area contributed by atoms with Crippen LogP contribution in [-0.2, 0) is 21.2 Å². The number of oxime groups is 1. The SMILES string of the molecule is CCCON=C(C)OP(O)(=S)c1ccccc1. The summed E-state index contributed by atoms with van der Waals surface area (Å²) in [6, 6.07) is 8.93. The summed E-state index contributed by atoms with van der Waals surface area (Å²) in [5.74, 6) is 0.244. The number of hydrogen-bond acceptors (Lipinski definition) is 4. The van der Waals surface area contributed by atoms with Gasteiger partial charge in [0.05, 0.1) is 0 Å². The lowest BCUT2D eigenvalue weighted by molar-refractivity contribution is 0.139. The smallest absolute Gasteiger partial charge is 0.267 e. The van der Waals surface area contributed by atoms with Crippen molar-refractivity contribution < 1.29 is 14.3 Å². The molecule has 0 amide bonds. The van der Waals surface area contributed by atoms with E-state index in [2.05, 4.69) is 5.16 Å². The molecule has 1 aromatic carbocycles. The summed E-state index contributed by atoms with van der Waals surface area (Å²) >= 11 is 5.07. The maximum absolute atomic E-state index is 10.1. The minimum atomic E-state index is -3.03. The molecule has 0 aliphatic carbocycles. The van der Waals surface area contributed by atoms with Crippen LogP contribution in [0.15, 0.2) is 35.5 Å². The molecule has 1 rings (SSSR count). The van der Waals surface area contributed by atoms with Gasteiger partial charge in [-0.05, 0) is 30.4 Å². The van der Waals surface area contributed by atoms with Gasteiger partial charge in [0, 0.05) is 12.2 Å². The van der Waals surface area contributed by atoms with Gasteiger partial charge in [-0.1, -0.05) is 30.3 Å². The van der Waals surface area contributed by atoms with Gasteiger partial charge in [-0.3, -0.25) is 0 Å². The minimum absolute atomic E-state index is 0.244. The van der Waals surface area contributed by atoms with E-state index in [0.717, 1.165) is 6.42 Å². The Morgan fingerprint density at radius 3 is 2.65 bits per heavy atom. The van der Waals surface area contributed by atoms with E-state index in [0.29, 0.717) is 11.9 Å². The van der Waals surface area contributed by atoms with E-state index in [1.165, 1.54) is 0 Å². The molecule has 0 radical (unpaired) electrons. The van der Waals surface area contributed by atoms with Gasteiger partial charge >= 0.3 is 0 Å². The molecule has 1 unspecified atom stereocenters. The molecule has 1 N–H and O–H groups in total. The van der Waals surface area contributed by atoms with E-state index >= 15 is 0 Å². The van der Waals surface area contributed by atoms with Crippen LogP contribution in [0.3, 0.4) is 0 Å². The van der Waals surface area contributed by atoms with Crippen LogP contribution in [0.25, 0.3) is 0 Å². The highest BCUT2D eigenvalue weighted by molar-refractivity contribution is 8.13. The molecular formula is C11H16NO3PS. The minimum Gasteiger partial charge on any atom is -0.423 e. The third kappa shape index (κ3) is 4.86. The molecular weight excluding hydrogens is 257 g/mol. The Labute approximate surface area is 106 Å². The zero-order valence-electron chi connectivity index (χ0n) is 9.87. The van der Waals surface area contributed by atoms with E-state index < -0.39 is 6.49 Å². The summed E-state index contributed by atoms with van der Waals surface area (Å²) in [4.78, 5) is 15.0. The molecule has 0 aromatic heterocycles. The van der Waals surface area contributed by atoms with Gasteiger partial charge < -0.3 is 14.3 Å². The summed E-state index contributed by atoms with van der Waals surface area (Å²) in [5, 5.41) is 4.32. The molecule has 0 aliphatic heterocycles. The number of rotatable bonds is 5. The Balaban J connectivity index is 2.67.